The fourth-order valence-electron chi connectivity index (χ4n) is 1.83. The van der Waals surface area contributed by atoms with Crippen LogP contribution in [-0.2, 0) is 6.61 Å². The van der Waals surface area contributed by atoms with Gasteiger partial charge in [0.05, 0.1) is 3.57 Å². The largest absolute Gasteiger partial charge is 0.488 e. The van der Waals surface area contributed by atoms with Gasteiger partial charge in [0.15, 0.2) is 11.7 Å². The molecule has 7 nitrogen and oxygen atoms in total. The molecule has 0 aliphatic carbocycles. The molecule has 6 N–H and O–H groups in total. The SMILES string of the molecule is Cl.Cl.N/C(=N\O)c1ccc(COc2ccc(/C(N)=N/O)cc2I)cc1. The molecular formula is C15H17Cl2IN4O3. The molecular weight excluding hydrogens is 482 g/mol. The Labute approximate surface area is 170 Å². The number of benzene rings is 2. The van der Waals surface area contributed by atoms with Crippen LogP contribution in [0.15, 0.2) is 52.8 Å². The van der Waals surface area contributed by atoms with E-state index in [9.17, 15) is 0 Å². The summed E-state index contributed by atoms with van der Waals surface area (Å²) < 4.78 is 6.60. The van der Waals surface area contributed by atoms with Gasteiger partial charge in [-0.25, -0.2) is 0 Å². The third-order valence-corrected chi connectivity index (χ3v) is 3.93. The van der Waals surface area contributed by atoms with Crippen molar-refractivity contribution in [1.29, 1.82) is 0 Å². The number of oxime groups is 2. The van der Waals surface area contributed by atoms with Crippen molar-refractivity contribution in [2.45, 2.75) is 6.61 Å². The molecule has 0 radical (unpaired) electrons. The first-order chi connectivity index (χ1) is 11.0. The Bertz CT molecular complexity index is 755. The smallest absolute Gasteiger partial charge is 0.170 e. The average Bonchev–Trinajstić information content (AvgIpc) is 2.59. The van der Waals surface area contributed by atoms with E-state index in [2.05, 4.69) is 32.9 Å². The second-order valence-electron chi connectivity index (χ2n) is 4.60. The van der Waals surface area contributed by atoms with Gasteiger partial charge in [-0.3, -0.25) is 0 Å². The van der Waals surface area contributed by atoms with E-state index in [1.807, 2.05) is 12.1 Å². The monoisotopic (exact) mass is 498 g/mol. The van der Waals surface area contributed by atoms with E-state index in [0.29, 0.717) is 23.5 Å². The van der Waals surface area contributed by atoms with Crippen LogP contribution < -0.4 is 16.2 Å². The van der Waals surface area contributed by atoms with Gasteiger partial charge in [0, 0.05) is 11.1 Å². The highest BCUT2D eigenvalue weighted by molar-refractivity contribution is 14.1. The quantitative estimate of drug-likeness (QED) is 0.166. The normalized spacial score (nSPS) is 11.2. The Balaban J connectivity index is 0.00000288. The molecule has 0 aliphatic heterocycles. The minimum absolute atomic E-state index is 0. The number of rotatable bonds is 5. The number of halogens is 3. The second kappa shape index (κ2) is 10.9. The van der Waals surface area contributed by atoms with Gasteiger partial charge < -0.3 is 26.6 Å². The van der Waals surface area contributed by atoms with Gasteiger partial charge in [-0.05, 0) is 46.4 Å². The average molecular weight is 499 g/mol. The topological polar surface area (TPSA) is 126 Å². The predicted octanol–water partition coefficient (Wildman–Crippen LogP) is 2.90. The van der Waals surface area contributed by atoms with E-state index in [4.69, 9.17) is 26.6 Å². The Morgan fingerprint density at radius 2 is 1.44 bits per heavy atom. The van der Waals surface area contributed by atoms with Crippen LogP contribution in [0.1, 0.15) is 16.7 Å². The fourth-order valence-corrected chi connectivity index (χ4v) is 2.50. The maximum atomic E-state index is 8.68. The summed E-state index contributed by atoms with van der Waals surface area (Å²) in [5.74, 6) is 0.805. The van der Waals surface area contributed by atoms with Crippen LogP contribution in [0.5, 0.6) is 5.75 Å². The van der Waals surface area contributed by atoms with E-state index in [1.165, 1.54) is 0 Å². The number of nitrogens with zero attached hydrogens (tertiary/aromatic N) is 2. The van der Waals surface area contributed by atoms with Crippen LogP contribution in [0.4, 0.5) is 0 Å². The molecule has 0 fully saturated rings. The summed E-state index contributed by atoms with van der Waals surface area (Å²) in [7, 11) is 0. The van der Waals surface area contributed by atoms with Crippen molar-refractivity contribution in [3.63, 3.8) is 0 Å². The van der Waals surface area contributed by atoms with Crippen molar-refractivity contribution >= 4 is 59.1 Å². The summed E-state index contributed by atoms with van der Waals surface area (Å²) in [5.41, 5.74) is 13.2. The Hall–Kier alpha value is -1.91. The van der Waals surface area contributed by atoms with Crippen molar-refractivity contribution in [3.8, 4) is 5.75 Å². The molecule has 0 heterocycles. The van der Waals surface area contributed by atoms with Crippen LogP contribution in [0.25, 0.3) is 0 Å². The van der Waals surface area contributed by atoms with Crippen molar-refractivity contribution in [2.24, 2.45) is 21.8 Å². The molecule has 2 aromatic carbocycles. The molecule has 2 aromatic rings. The van der Waals surface area contributed by atoms with Gasteiger partial charge in [0.1, 0.15) is 12.4 Å². The first-order valence-corrected chi connectivity index (χ1v) is 7.60. The molecule has 0 saturated carbocycles. The third kappa shape index (κ3) is 6.15. The maximum absolute atomic E-state index is 8.68. The number of nitrogens with two attached hydrogens (primary N) is 2. The Morgan fingerprint density at radius 1 is 0.920 bits per heavy atom. The maximum Gasteiger partial charge on any atom is 0.170 e. The van der Waals surface area contributed by atoms with Crippen LogP contribution in [-0.4, -0.2) is 22.1 Å². The zero-order chi connectivity index (χ0) is 16.8. The fraction of sp³-hybridized carbons (Fsp3) is 0.0667. The predicted molar refractivity (Wildman–Crippen MR) is 109 cm³/mol. The zero-order valence-electron chi connectivity index (χ0n) is 12.8. The van der Waals surface area contributed by atoms with Crippen molar-refractivity contribution in [1.82, 2.24) is 0 Å². The number of ether oxygens (including phenoxy) is 1. The number of hydrogen-bond donors (Lipinski definition) is 4. The highest BCUT2D eigenvalue weighted by Crippen LogP contribution is 2.23. The summed E-state index contributed by atoms with van der Waals surface area (Å²) in [4.78, 5) is 0. The minimum atomic E-state index is 0. The van der Waals surface area contributed by atoms with Gasteiger partial charge >= 0.3 is 0 Å². The lowest BCUT2D eigenvalue weighted by Gasteiger charge is -2.10. The molecule has 0 spiro atoms. The molecule has 0 aliphatic rings. The van der Waals surface area contributed by atoms with Crippen LogP contribution in [0.3, 0.4) is 0 Å². The Kier molecular flexibility index (Phi) is 10.0. The molecule has 136 valence electrons. The van der Waals surface area contributed by atoms with Gasteiger partial charge in [-0.2, -0.15) is 0 Å². The minimum Gasteiger partial charge on any atom is -0.488 e. The summed E-state index contributed by atoms with van der Waals surface area (Å²) in [6, 6.07) is 12.4. The van der Waals surface area contributed by atoms with Gasteiger partial charge in [0.25, 0.3) is 0 Å². The van der Waals surface area contributed by atoms with Crippen LogP contribution in [0, 0.1) is 3.57 Å². The lowest BCUT2D eigenvalue weighted by molar-refractivity contribution is 0.304. The second-order valence-corrected chi connectivity index (χ2v) is 5.76. The van der Waals surface area contributed by atoms with Crippen molar-refractivity contribution in [3.05, 3.63) is 62.7 Å². The molecule has 0 amide bonds. The molecule has 0 aromatic heterocycles. The van der Waals surface area contributed by atoms with E-state index in [-0.39, 0.29) is 36.5 Å². The van der Waals surface area contributed by atoms with Gasteiger partial charge in [-0.1, -0.05) is 34.6 Å². The summed E-state index contributed by atoms with van der Waals surface area (Å²) in [5, 5.41) is 23.2. The lowest BCUT2D eigenvalue weighted by Crippen LogP contribution is -2.13. The molecule has 0 unspecified atom stereocenters. The van der Waals surface area contributed by atoms with Gasteiger partial charge in [-0.15, -0.1) is 24.8 Å². The first kappa shape index (κ1) is 23.1. The summed E-state index contributed by atoms with van der Waals surface area (Å²) in [6.45, 7) is 0.370. The zero-order valence-corrected chi connectivity index (χ0v) is 16.6. The molecule has 25 heavy (non-hydrogen) atoms. The summed E-state index contributed by atoms with van der Waals surface area (Å²) in [6.07, 6.45) is 0. The number of hydrogen-bond acceptors (Lipinski definition) is 5. The highest BCUT2D eigenvalue weighted by atomic mass is 127. The summed E-state index contributed by atoms with van der Waals surface area (Å²) >= 11 is 2.12. The van der Waals surface area contributed by atoms with E-state index >= 15 is 0 Å². The Morgan fingerprint density at radius 3 is 1.96 bits per heavy atom. The molecule has 0 saturated heterocycles. The first-order valence-electron chi connectivity index (χ1n) is 6.52. The van der Waals surface area contributed by atoms with E-state index in [0.717, 1.165) is 9.13 Å². The lowest BCUT2D eigenvalue weighted by atomic mass is 10.1. The highest BCUT2D eigenvalue weighted by Gasteiger charge is 2.06. The molecule has 0 atom stereocenters. The molecule has 2 rings (SSSR count). The van der Waals surface area contributed by atoms with Crippen LogP contribution >= 0.6 is 47.4 Å². The molecule has 0 bridgehead atoms. The van der Waals surface area contributed by atoms with Crippen molar-refractivity contribution < 1.29 is 15.2 Å². The van der Waals surface area contributed by atoms with Gasteiger partial charge in [0.2, 0.25) is 0 Å². The number of amidine groups is 2. The van der Waals surface area contributed by atoms with E-state index < -0.39 is 0 Å². The van der Waals surface area contributed by atoms with Crippen LogP contribution in [0.2, 0.25) is 0 Å². The third-order valence-electron chi connectivity index (χ3n) is 3.09. The van der Waals surface area contributed by atoms with E-state index in [1.54, 1.807) is 30.3 Å². The standard InChI is InChI=1S/C15H15IN4O3.2ClH/c16-12-7-11(15(18)20-22)5-6-13(12)23-8-9-1-3-10(4-2-9)14(17)19-21;;/h1-7,21-22H,8H2,(H2,17,19)(H2,18,20);2*1H. The molecule has 10 heteroatoms. The van der Waals surface area contributed by atoms with Crippen molar-refractivity contribution in [2.75, 3.05) is 0 Å².